The first-order valence-electron chi connectivity index (χ1n) is 5.01. The van der Waals surface area contributed by atoms with E-state index >= 15 is 0 Å². The standard InChI is InChI=1S/C12H9BrN2O/c13-12-5-15-14-4-11(12)8-1-2-9-6-16-7-10(9)3-8/h1-5H,6-7H2. The number of nitrogens with zero attached hydrogens (tertiary/aromatic N) is 2. The van der Waals surface area contributed by atoms with Gasteiger partial charge in [0.15, 0.2) is 0 Å². The zero-order valence-electron chi connectivity index (χ0n) is 8.48. The fourth-order valence-corrected chi connectivity index (χ4v) is 2.28. The Morgan fingerprint density at radius 1 is 1.06 bits per heavy atom. The maximum absolute atomic E-state index is 5.40. The van der Waals surface area contributed by atoms with Gasteiger partial charge < -0.3 is 4.74 Å². The van der Waals surface area contributed by atoms with Crippen molar-refractivity contribution in [2.24, 2.45) is 0 Å². The third kappa shape index (κ3) is 1.64. The molecule has 0 saturated carbocycles. The van der Waals surface area contributed by atoms with Crippen LogP contribution in [0.25, 0.3) is 11.1 Å². The molecule has 0 atom stereocenters. The molecule has 0 unspecified atom stereocenters. The molecular formula is C12H9BrN2O. The summed E-state index contributed by atoms with van der Waals surface area (Å²) in [6.07, 6.45) is 3.47. The molecule has 3 nitrogen and oxygen atoms in total. The van der Waals surface area contributed by atoms with E-state index in [1.165, 1.54) is 11.1 Å². The van der Waals surface area contributed by atoms with Gasteiger partial charge in [0.05, 0.1) is 25.6 Å². The molecule has 2 aromatic rings. The van der Waals surface area contributed by atoms with E-state index in [0.717, 1.165) is 22.2 Å². The van der Waals surface area contributed by atoms with Crippen LogP contribution in [0, 0.1) is 0 Å². The Balaban J connectivity index is 2.11. The SMILES string of the molecule is Brc1cnncc1-c1ccc2c(c1)COC2. The van der Waals surface area contributed by atoms with Crippen molar-refractivity contribution in [3.05, 3.63) is 46.2 Å². The van der Waals surface area contributed by atoms with Gasteiger partial charge in [0.1, 0.15) is 0 Å². The normalized spacial score (nSPS) is 13.8. The molecule has 4 heteroatoms. The Morgan fingerprint density at radius 3 is 2.75 bits per heavy atom. The Kier molecular flexibility index (Phi) is 2.46. The molecule has 3 rings (SSSR count). The van der Waals surface area contributed by atoms with Gasteiger partial charge >= 0.3 is 0 Å². The third-order valence-electron chi connectivity index (χ3n) is 2.71. The first kappa shape index (κ1) is 9.93. The van der Waals surface area contributed by atoms with E-state index in [1.807, 2.05) is 0 Å². The monoisotopic (exact) mass is 276 g/mol. The fourth-order valence-electron chi connectivity index (χ4n) is 1.86. The second-order valence-electron chi connectivity index (χ2n) is 3.73. The van der Waals surface area contributed by atoms with Gasteiger partial charge in [-0.3, -0.25) is 0 Å². The largest absolute Gasteiger partial charge is 0.372 e. The van der Waals surface area contributed by atoms with Gasteiger partial charge in [-0.2, -0.15) is 10.2 Å². The zero-order valence-corrected chi connectivity index (χ0v) is 10.1. The minimum atomic E-state index is 0.708. The second-order valence-corrected chi connectivity index (χ2v) is 4.58. The van der Waals surface area contributed by atoms with Gasteiger partial charge in [0.2, 0.25) is 0 Å². The van der Waals surface area contributed by atoms with Crippen LogP contribution in [-0.2, 0) is 18.0 Å². The van der Waals surface area contributed by atoms with Gasteiger partial charge in [-0.15, -0.1) is 0 Å². The number of halogens is 1. The van der Waals surface area contributed by atoms with E-state index in [0.29, 0.717) is 6.61 Å². The van der Waals surface area contributed by atoms with Crippen LogP contribution in [0.5, 0.6) is 0 Å². The summed E-state index contributed by atoms with van der Waals surface area (Å²) in [4.78, 5) is 0. The van der Waals surface area contributed by atoms with Crippen molar-refractivity contribution in [2.45, 2.75) is 13.2 Å². The molecular weight excluding hydrogens is 268 g/mol. The van der Waals surface area contributed by atoms with Crippen LogP contribution < -0.4 is 0 Å². The summed E-state index contributed by atoms with van der Waals surface area (Å²) in [5, 5.41) is 7.73. The van der Waals surface area contributed by atoms with Crippen molar-refractivity contribution in [3.8, 4) is 11.1 Å². The van der Waals surface area contributed by atoms with Crippen LogP contribution >= 0.6 is 15.9 Å². The van der Waals surface area contributed by atoms with Crippen molar-refractivity contribution in [1.29, 1.82) is 0 Å². The molecule has 1 aromatic heterocycles. The molecule has 0 fully saturated rings. The van der Waals surface area contributed by atoms with Crippen molar-refractivity contribution >= 4 is 15.9 Å². The lowest BCUT2D eigenvalue weighted by molar-refractivity contribution is 0.134. The molecule has 0 N–H and O–H groups in total. The summed E-state index contributed by atoms with van der Waals surface area (Å²) in [5.74, 6) is 0. The number of aromatic nitrogens is 2. The Labute approximate surface area is 102 Å². The lowest BCUT2D eigenvalue weighted by atomic mass is 10.0. The fraction of sp³-hybridized carbons (Fsp3) is 0.167. The van der Waals surface area contributed by atoms with Crippen molar-refractivity contribution in [2.75, 3.05) is 0 Å². The van der Waals surface area contributed by atoms with Crippen molar-refractivity contribution < 1.29 is 4.74 Å². The molecule has 0 bridgehead atoms. The number of hydrogen-bond donors (Lipinski definition) is 0. The molecule has 0 saturated heterocycles. The van der Waals surface area contributed by atoms with E-state index in [-0.39, 0.29) is 0 Å². The van der Waals surface area contributed by atoms with Gasteiger partial charge in [0, 0.05) is 10.0 Å². The first-order chi connectivity index (χ1) is 7.84. The molecule has 16 heavy (non-hydrogen) atoms. The molecule has 80 valence electrons. The van der Waals surface area contributed by atoms with Crippen LogP contribution in [0.1, 0.15) is 11.1 Å². The summed E-state index contributed by atoms with van der Waals surface area (Å²) in [6.45, 7) is 1.44. The molecule has 1 aromatic carbocycles. The summed E-state index contributed by atoms with van der Waals surface area (Å²) in [7, 11) is 0. The Morgan fingerprint density at radius 2 is 1.88 bits per heavy atom. The van der Waals surface area contributed by atoms with Gasteiger partial charge in [-0.05, 0) is 38.7 Å². The van der Waals surface area contributed by atoms with Crippen molar-refractivity contribution in [3.63, 3.8) is 0 Å². The number of hydrogen-bond acceptors (Lipinski definition) is 3. The molecule has 0 spiro atoms. The number of fused-ring (bicyclic) bond motifs is 1. The Hall–Kier alpha value is -1.26. The highest BCUT2D eigenvalue weighted by Crippen LogP contribution is 2.30. The molecule has 1 aliphatic rings. The number of benzene rings is 1. The molecule has 2 heterocycles. The van der Waals surface area contributed by atoms with Crippen LogP contribution in [0.3, 0.4) is 0 Å². The quantitative estimate of drug-likeness (QED) is 0.803. The summed E-state index contributed by atoms with van der Waals surface area (Å²) < 4.78 is 6.36. The van der Waals surface area contributed by atoms with Crippen LogP contribution in [-0.4, -0.2) is 10.2 Å². The molecule has 0 radical (unpaired) electrons. The highest BCUT2D eigenvalue weighted by molar-refractivity contribution is 9.10. The van der Waals surface area contributed by atoms with Gasteiger partial charge in [0.25, 0.3) is 0 Å². The Bertz CT molecular complexity index is 542. The second kappa shape index (κ2) is 3.96. The first-order valence-corrected chi connectivity index (χ1v) is 5.80. The molecule has 1 aliphatic heterocycles. The number of ether oxygens (including phenoxy) is 1. The van der Waals surface area contributed by atoms with Crippen LogP contribution in [0.15, 0.2) is 35.1 Å². The highest BCUT2D eigenvalue weighted by atomic mass is 79.9. The van der Waals surface area contributed by atoms with E-state index in [2.05, 4.69) is 44.3 Å². The average Bonchev–Trinajstić information content (AvgIpc) is 2.76. The highest BCUT2D eigenvalue weighted by Gasteiger charge is 2.12. The smallest absolute Gasteiger partial charge is 0.0725 e. The summed E-state index contributed by atoms with van der Waals surface area (Å²) in [6, 6.07) is 6.37. The number of rotatable bonds is 1. The minimum Gasteiger partial charge on any atom is -0.372 e. The summed E-state index contributed by atoms with van der Waals surface area (Å²) in [5.41, 5.74) is 4.75. The van der Waals surface area contributed by atoms with Gasteiger partial charge in [-0.1, -0.05) is 12.1 Å². The topological polar surface area (TPSA) is 35.0 Å². The molecule has 0 amide bonds. The maximum atomic E-state index is 5.40. The lowest BCUT2D eigenvalue weighted by Gasteiger charge is -2.05. The van der Waals surface area contributed by atoms with Crippen LogP contribution in [0.4, 0.5) is 0 Å². The van der Waals surface area contributed by atoms with E-state index < -0.39 is 0 Å². The molecule has 0 aliphatic carbocycles. The maximum Gasteiger partial charge on any atom is 0.0725 e. The van der Waals surface area contributed by atoms with Gasteiger partial charge in [-0.25, -0.2) is 0 Å². The predicted octanol–water partition coefficient (Wildman–Crippen LogP) is 2.94. The van der Waals surface area contributed by atoms with E-state index in [1.54, 1.807) is 12.4 Å². The third-order valence-corrected chi connectivity index (χ3v) is 3.35. The van der Waals surface area contributed by atoms with E-state index in [9.17, 15) is 0 Å². The summed E-state index contributed by atoms with van der Waals surface area (Å²) >= 11 is 3.48. The lowest BCUT2D eigenvalue weighted by Crippen LogP contribution is -1.88. The zero-order chi connectivity index (χ0) is 11.0. The predicted molar refractivity (Wildman–Crippen MR) is 63.7 cm³/mol. The van der Waals surface area contributed by atoms with Crippen molar-refractivity contribution in [1.82, 2.24) is 10.2 Å². The van der Waals surface area contributed by atoms with Crippen LogP contribution in [0.2, 0.25) is 0 Å². The average molecular weight is 277 g/mol. The van der Waals surface area contributed by atoms with E-state index in [4.69, 9.17) is 4.74 Å². The minimum absolute atomic E-state index is 0.708.